The van der Waals surface area contributed by atoms with E-state index in [0.717, 1.165) is 37.4 Å². The van der Waals surface area contributed by atoms with Crippen LogP contribution in [-0.2, 0) is 12.8 Å². The molecule has 8 heteroatoms. The number of hydrogen-bond donors (Lipinski definition) is 2. The maximum atomic E-state index is 6.80. The summed E-state index contributed by atoms with van der Waals surface area (Å²) in [5.41, 5.74) is 13.5. The Hall–Kier alpha value is -2.97. The van der Waals surface area contributed by atoms with Crippen molar-refractivity contribution in [1.29, 1.82) is 0 Å². The number of aromatic nitrogens is 4. The molecule has 0 radical (unpaired) electrons. The first-order valence-corrected chi connectivity index (χ1v) is 11.7. The van der Waals surface area contributed by atoms with Crippen LogP contribution in [0.15, 0.2) is 30.3 Å². The Labute approximate surface area is 194 Å². The number of piperidine rings is 1. The molecule has 1 saturated heterocycles. The van der Waals surface area contributed by atoms with Crippen LogP contribution in [0.1, 0.15) is 52.0 Å². The number of nitrogens with one attached hydrogen (secondary N) is 1. The highest BCUT2D eigenvalue weighted by Crippen LogP contribution is 2.44. The standard InChI is InChI=1S/C25H32N6O2/c1-15-4-5-16(2)18(10-15)20-14-31-8-6-17-11-24(33-9-7-25-27-29-30-28-25)23(32-3)12-19(17)22(31)13-21(20)26/h4-5,10-12,20-22H,6-9,13-14,26H2,1-3H3,(H,27,28,29,30)/t20-,21+,22+/m0/s1. The first-order valence-electron chi connectivity index (χ1n) is 11.7. The summed E-state index contributed by atoms with van der Waals surface area (Å²) in [5.74, 6) is 2.52. The van der Waals surface area contributed by atoms with E-state index in [-0.39, 0.29) is 6.04 Å². The molecule has 5 rings (SSSR count). The van der Waals surface area contributed by atoms with Gasteiger partial charge in [-0.05, 0) is 61.1 Å². The van der Waals surface area contributed by atoms with E-state index in [4.69, 9.17) is 15.2 Å². The van der Waals surface area contributed by atoms with E-state index < -0.39 is 0 Å². The van der Waals surface area contributed by atoms with E-state index in [1.54, 1.807) is 7.11 Å². The molecule has 0 bridgehead atoms. The Bertz CT molecular complexity index is 1120. The van der Waals surface area contributed by atoms with Crippen molar-refractivity contribution in [2.45, 2.75) is 51.1 Å². The first-order chi connectivity index (χ1) is 16.0. The predicted molar refractivity (Wildman–Crippen MR) is 126 cm³/mol. The summed E-state index contributed by atoms with van der Waals surface area (Å²) in [6, 6.07) is 11.5. The molecule has 33 heavy (non-hydrogen) atoms. The number of tetrazole rings is 1. The summed E-state index contributed by atoms with van der Waals surface area (Å²) < 4.78 is 11.7. The molecule has 2 aliphatic heterocycles. The van der Waals surface area contributed by atoms with E-state index in [9.17, 15) is 0 Å². The van der Waals surface area contributed by atoms with Crippen LogP contribution in [0.4, 0.5) is 0 Å². The van der Waals surface area contributed by atoms with Crippen LogP contribution in [0.2, 0.25) is 0 Å². The number of hydrogen-bond acceptors (Lipinski definition) is 7. The zero-order valence-corrected chi connectivity index (χ0v) is 19.5. The molecular formula is C25H32N6O2. The maximum Gasteiger partial charge on any atom is 0.177 e. The molecule has 0 spiro atoms. The molecule has 3 atom stereocenters. The maximum absolute atomic E-state index is 6.80. The minimum Gasteiger partial charge on any atom is -0.493 e. The smallest absolute Gasteiger partial charge is 0.177 e. The van der Waals surface area contributed by atoms with E-state index in [1.807, 2.05) is 0 Å². The summed E-state index contributed by atoms with van der Waals surface area (Å²) in [7, 11) is 1.69. The van der Waals surface area contributed by atoms with Crippen molar-refractivity contribution in [2.24, 2.45) is 5.73 Å². The third-order valence-electron chi connectivity index (χ3n) is 7.14. The minimum atomic E-state index is 0.120. The van der Waals surface area contributed by atoms with Crippen LogP contribution in [0.5, 0.6) is 11.5 Å². The zero-order chi connectivity index (χ0) is 22.9. The monoisotopic (exact) mass is 448 g/mol. The Morgan fingerprint density at radius 3 is 2.82 bits per heavy atom. The molecule has 3 aromatic rings. The van der Waals surface area contributed by atoms with Crippen LogP contribution in [0.3, 0.4) is 0 Å². The van der Waals surface area contributed by atoms with Crippen molar-refractivity contribution in [3.05, 3.63) is 64.0 Å². The highest BCUT2D eigenvalue weighted by Gasteiger charge is 2.39. The largest absolute Gasteiger partial charge is 0.493 e. The van der Waals surface area contributed by atoms with Crippen LogP contribution in [-0.4, -0.2) is 58.4 Å². The van der Waals surface area contributed by atoms with Crippen molar-refractivity contribution in [2.75, 3.05) is 26.8 Å². The van der Waals surface area contributed by atoms with Gasteiger partial charge < -0.3 is 15.2 Å². The van der Waals surface area contributed by atoms with Crippen molar-refractivity contribution in [3.8, 4) is 11.5 Å². The number of aryl methyl sites for hydroxylation is 2. The number of rotatable bonds is 6. The molecular weight excluding hydrogens is 416 g/mol. The second-order valence-corrected chi connectivity index (χ2v) is 9.26. The lowest BCUT2D eigenvalue weighted by Crippen LogP contribution is -2.49. The van der Waals surface area contributed by atoms with E-state index in [0.29, 0.717) is 30.8 Å². The number of benzene rings is 2. The van der Waals surface area contributed by atoms with Gasteiger partial charge in [0.25, 0.3) is 0 Å². The van der Waals surface area contributed by atoms with Gasteiger partial charge in [-0.25, -0.2) is 0 Å². The van der Waals surface area contributed by atoms with Crippen LogP contribution in [0.25, 0.3) is 0 Å². The van der Waals surface area contributed by atoms with Crippen molar-refractivity contribution in [1.82, 2.24) is 25.5 Å². The SMILES string of the molecule is COc1cc2c(cc1OCCc1nn[nH]n1)CCN1C[C@@H](c3cc(C)ccc3C)[C@H](N)C[C@H]21. The Balaban J connectivity index is 1.35. The van der Waals surface area contributed by atoms with Crippen LogP contribution >= 0.6 is 0 Å². The van der Waals surface area contributed by atoms with E-state index >= 15 is 0 Å². The topological polar surface area (TPSA) is 102 Å². The predicted octanol–water partition coefficient (Wildman–Crippen LogP) is 2.86. The average molecular weight is 449 g/mol. The zero-order valence-electron chi connectivity index (χ0n) is 19.5. The first kappa shape index (κ1) is 21.9. The fourth-order valence-electron chi connectivity index (χ4n) is 5.37. The number of fused-ring (bicyclic) bond motifs is 3. The number of nitrogens with two attached hydrogens (primary N) is 1. The van der Waals surface area contributed by atoms with E-state index in [2.05, 4.69) is 69.7 Å². The summed E-state index contributed by atoms with van der Waals surface area (Å²) >= 11 is 0. The number of aromatic amines is 1. The second-order valence-electron chi connectivity index (χ2n) is 9.26. The Morgan fingerprint density at radius 2 is 2.03 bits per heavy atom. The molecule has 8 nitrogen and oxygen atoms in total. The molecule has 1 fully saturated rings. The molecule has 1 aromatic heterocycles. The van der Waals surface area contributed by atoms with E-state index in [1.165, 1.54) is 27.8 Å². The van der Waals surface area contributed by atoms with Gasteiger partial charge >= 0.3 is 0 Å². The highest BCUT2D eigenvalue weighted by atomic mass is 16.5. The van der Waals surface area contributed by atoms with Crippen molar-refractivity contribution < 1.29 is 9.47 Å². The fraction of sp³-hybridized carbons (Fsp3) is 0.480. The highest BCUT2D eigenvalue weighted by molar-refractivity contribution is 5.50. The lowest BCUT2D eigenvalue weighted by atomic mass is 9.77. The third kappa shape index (κ3) is 4.32. The number of H-pyrrole nitrogens is 1. The second kappa shape index (κ2) is 9.11. The molecule has 3 N–H and O–H groups in total. The normalized spacial score (nSPS) is 22.5. The number of methoxy groups -OCH3 is 1. The Kier molecular flexibility index (Phi) is 6.03. The van der Waals surface area contributed by atoms with Crippen molar-refractivity contribution >= 4 is 0 Å². The summed E-state index contributed by atoms with van der Waals surface area (Å²) in [4.78, 5) is 2.61. The van der Waals surface area contributed by atoms with Gasteiger partial charge in [0.15, 0.2) is 17.3 Å². The average Bonchev–Trinajstić information content (AvgIpc) is 3.33. The Morgan fingerprint density at radius 1 is 1.15 bits per heavy atom. The van der Waals surface area contributed by atoms with Gasteiger partial charge in [-0.1, -0.05) is 29.0 Å². The van der Waals surface area contributed by atoms with Gasteiger partial charge in [-0.3, -0.25) is 4.90 Å². The lowest BCUT2D eigenvalue weighted by Gasteiger charge is -2.46. The van der Waals surface area contributed by atoms with Crippen molar-refractivity contribution in [3.63, 3.8) is 0 Å². The van der Waals surface area contributed by atoms with Gasteiger partial charge in [-0.2, -0.15) is 5.21 Å². The van der Waals surface area contributed by atoms with Crippen LogP contribution in [0, 0.1) is 13.8 Å². The number of nitrogens with zero attached hydrogens (tertiary/aromatic N) is 4. The minimum absolute atomic E-state index is 0.120. The summed E-state index contributed by atoms with van der Waals surface area (Å²) in [6.45, 7) is 6.84. The third-order valence-corrected chi connectivity index (χ3v) is 7.14. The summed E-state index contributed by atoms with van der Waals surface area (Å²) in [6.07, 6.45) is 2.51. The van der Waals surface area contributed by atoms with Gasteiger partial charge in [0.05, 0.1) is 13.7 Å². The van der Waals surface area contributed by atoms with Crippen LogP contribution < -0.4 is 15.2 Å². The molecule has 2 aliphatic rings. The molecule has 0 saturated carbocycles. The molecule has 0 amide bonds. The lowest BCUT2D eigenvalue weighted by molar-refractivity contribution is 0.109. The molecule has 0 aliphatic carbocycles. The molecule has 3 heterocycles. The summed E-state index contributed by atoms with van der Waals surface area (Å²) in [5, 5.41) is 14.0. The van der Waals surface area contributed by atoms with Gasteiger partial charge in [-0.15, -0.1) is 10.2 Å². The van der Waals surface area contributed by atoms with Gasteiger partial charge in [0.2, 0.25) is 0 Å². The van der Waals surface area contributed by atoms with Gasteiger partial charge in [0, 0.05) is 37.5 Å². The number of ether oxygens (including phenoxy) is 2. The fourth-order valence-corrected chi connectivity index (χ4v) is 5.37. The van der Waals surface area contributed by atoms with Gasteiger partial charge in [0.1, 0.15) is 0 Å². The molecule has 0 unspecified atom stereocenters. The quantitative estimate of drug-likeness (QED) is 0.598. The molecule has 174 valence electrons. The molecule has 2 aromatic carbocycles.